The Balaban J connectivity index is 1.52. The number of carbonyl (C=O) groups excluding carboxylic acids is 3. The maximum atomic E-state index is 13.6. The fourth-order valence-corrected chi connectivity index (χ4v) is 6.24. The van der Waals surface area contributed by atoms with E-state index in [1.165, 1.54) is 18.3 Å². The van der Waals surface area contributed by atoms with E-state index < -0.39 is 44.6 Å². The molecule has 1 fully saturated rings. The summed E-state index contributed by atoms with van der Waals surface area (Å²) in [5.41, 5.74) is -0.721. The van der Waals surface area contributed by atoms with E-state index in [0.717, 1.165) is 0 Å². The molecule has 1 aromatic carbocycles. The van der Waals surface area contributed by atoms with Gasteiger partial charge >= 0.3 is 18.3 Å². The van der Waals surface area contributed by atoms with Crippen molar-refractivity contribution >= 4 is 33.9 Å². The van der Waals surface area contributed by atoms with Crippen molar-refractivity contribution in [2.75, 3.05) is 31.2 Å². The third kappa shape index (κ3) is 9.67. The van der Waals surface area contributed by atoms with Crippen molar-refractivity contribution in [2.24, 2.45) is 0 Å². The summed E-state index contributed by atoms with van der Waals surface area (Å²) in [7, 11) is -3.53. The van der Waals surface area contributed by atoms with Crippen LogP contribution in [0.3, 0.4) is 0 Å². The van der Waals surface area contributed by atoms with Gasteiger partial charge in [0.2, 0.25) is 0 Å². The highest BCUT2D eigenvalue weighted by atomic mass is 32.2. The summed E-state index contributed by atoms with van der Waals surface area (Å²) in [4.78, 5) is 51.5. The minimum atomic E-state index is -3.53. The molecule has 2 aliphatic rings. The van der Waals surface area contributed by atoms with E-state index in [0.29, 0.717) is 54.6 Å². The zero-order chi connectivity index (χ0) is 38.7. The molecular weight excluding hydrogens is 706 g/mol. The van der Waals surface area contributed by atoms with E-state index in [1.807, 2.05) is 6.08 Å². The second-order valence-corrected chi connectivity index (χ2v) is 17.2. The topological polar surface area (TPSA) is 181 Å². The highest BCUT2D eigenvalue weighted by molar-refractivity contribution is 7.92. The quantitative estimate of drug-likeness (QED) is 0.224. The van der Waals surface area contributed by atoms with Crippen molar-refractivity contribution in [1.29, 1.82) is 0 Å². The highest BCUT2D eigenvalue weighted by Gasteiger charge is 2.37. The number of morpholine rings is 1. The summed E-state index contributed by atoms with van der Waals surface area (Å²) >= 11 is 0. The number of benzene rings is 1. The Morgan fingerprint density at radius 3 is 2.13 bits per heavy atom. The predicted molar refractivity (Wildman–Crippen MR) is 194 cm³/mol. The smallest absolute Gasteiger partial charge is 0.425 e. The van der Waals surface area contributed by atoms with Crippen LogP contribution < -0.4 is 4.90 Å². The molecule has 0 N–H and O–H groups in total. The number of hydrogen-bond acceptors (Lipinski definition) is 13. The second-order valence-electron chi connectivity index (χ2n) is 14.7. The maximum absolute atomic E-state index is 13.6. The van der Waals surface area contributed by atoms with Crippen molar-refractivity contribution in [1.82, 2.24) is 20.0 Å². The summed E-state index contributed by atoms with van der Waals surface area (Å²) in [6.45, 7) is 15.0. The monoisotopic (exact) mass is 751 g/mol. The van der Waals surface area contributed by atoms with Gasteiger partial charge in [-0.25, -0.2) is 32.8 Å². The Morgan fingerprint density at radius 2 is 1.58 bits per heavy atom. The molecule has 1 saturated heterocycles. The van der Waals surface area contributed by atoms with Crippen molar-refractivity contribution in [3.8, 4) is 22.7 Å². The molecule has 3 aromatic rings. The summed E-state index contributed by atoms with van der Waals surface area (Å²) in [5, 5.41) is 3.66. The number of rotatable bonds is 7. The van der Waals surface area contributed by atoms with Gasteiger partial charge in [-0.05, 0) is 86.1 Å². The zero-order valence-electron chi connectivity index (χ0n) is 31.1. The first-order chi connectivity index (χ1) is 24.8. The Labute approximate surface area is 308 Å². The number of sulfone groups is 1. The molecular formula is C37H45N5O10S. The minimum Gasteiger partial charge on any atom is -0.443 e. The molecule has 0 bridgehead atoms. The fraction of sp³-hybridized carbons (Fsp3) is 0.459. The predicted octanol–water partition coefficient (Wildman–Crippen LogP) is 7.05. The molecule has 5 rings (SSSR count). The summed E-state index contributed by atoms with van der Waals surface area (Å²) < 4.78 is 53.3. The Morgan fingerprint density at radius 1 is 0.962 bits per heavy atom. The molecule has 0 spiro atoms. The molecule has 1 aliphatic carbocycles. The maximum Gasteiger partial charge on any atom is 0.425 e. The molecule has 1 aliphatic heterocycles. The lowest BCUT2D eigenvalue weighted by atomic mass is 9.96. The lowest BCUT2D eigenvalue weighted by Gasteiger charge is -2.28. The summed E-state index contributed by atoms with van der Waals surface area (Å²) in [6.07, 6.45) is 4.50. The van der Waals surface area contributed by atoms with Crippen molar-refractivity contribution in [3.05, 3.63) is 66.2 Å². The van der Waals surface area contributed by atoms with Crippen LogP contribution in [0.1, 0.15) is 73.4 Å². The van der Waals surface area contributed by atoms with Crippen molar-refractivity contribution in [2.45, 2.75) is 89.1 Å². The third-order valence-electron chi connectivity index (χ3n) is 7.90. The van der Waals surface area contributed by atoms with Crippen molar-refractivity contribution < 1.29 is 46.3 Å². The van der Waals surface area contributed by atoms with Gasteiger partial charge in [0.05, 0.1) is 40.9 Å². The fourth-order valence-electron chi connectivity index (χ4n) is 5.18. The molecule has 1 unspecified atom stereocenters. The molecule has 284 valence electrons. The number of nitrogens with zero attached hydrogens (tertiary/aromatic N) is 5. The van der Waals surface area contributed by atoms with Crippen LogP contribution in [-0.4, -0.2) is 89.5 Å². The van der Waals surface area contributed by atoms with E-state index in [2.05, 4.69) is 10.1 Å². The molecule has 0 radical (unpaired) electrons. The van der Waals surface area contributed by atoms with Gasteiger partial charge in [-0.1, -0.05) is 23.4 Å². The lowest BCUT2D eigenvalue weighted by Crippen LogP contribution is -2.44. The number of amides is 3. The first-order valence-electron chi connectivity index (χ1n) is 17.2. The molecule has 53 heavy (non-hydrogen) atoms. The minimum absolute atomic E-state index is 0.0349. The lowest BCUT2D eigenvalue weighted by molar-refractivity contribution is 0.0355. The number of carbonyl (C=O) groups is 3. The van der Waals surface area contributed by atoms with Crippen LogP contribution in [0.2, 0.25) is 0 Å². The van der Waals surface area contributed by atoms with Crippen LogP contribution in [0.15, 0.2) is 69.9 Å². The van der Waals surface area contributed by atoms with Gasteiger partial charge in [0, 0.05) is 30.6 Å². The van der Waals surface area contributed by atoms with E-state index >= 15 is 0 Å². The molecule has 1 atom stereocenters. The van der Waals surface area contributed by atoms with Crippen molar-refractivity contribution in [3.63, 3.8) is 0 Å². The molecule has 2 aromatic heterocycles. The van der Waals surface area contributed by atoms with Gasteiger partial charge in [-0.15, -0.1) is 0 Å². The van der Waals surface area contributed by atoms with Crippen LogP contribution in [-0.2, 0) is 28.8 Å². The van der Waals surface area contributed by atoms with Gasteiger partial charge in [0.25, 0.3) is 0 Å². The van der Waals surface area contributed by atoms with Gasteiger partial charge in [0.1, 0.15) is 17.0 Å². The Hall–Kier alpha value is -5.09. The van der Waals surface area contributed by atoms with Crippen LogP contribution in [0.5, 0.6) is 0 Å². The summed E-state index contributed by atoms with van der Waals surface area (Å²) in [6, 6.07) is 7.77. The average Bonchev–Trinajstić information content (AvgIpc) is 3.58. The van der Waals surface area contributed by atoms with E-state index in [-0.39, 0.29) is 33.8 Å². The van der Waals surface area contributed by atoms with Gasteiger partial charge < -0.3 is 28.4 Å². The molecule has 0 saturated carbocycles. The Bertz CT molecular complexity index is 1970. The third-order valence-corrected chi connectivity index (χ3v) is 10.1. The normalized spacial score (nSPS) is 16.6. The first-order valence-corrected chi connectivity index (χ1v) is 18.7. The molecule has 16 heteroatoms. The summed E-state index contributed by atoms with van der Waals surface area (Å²) in [5.74, 6) is -0.0427. The number of imide groups is 1. The van der Waals surface area contributed by atoms with Crippen LogP contribution in [0, 0.1) is 0 Å². The standard InChI is InChI=1S/C37H45N5O10S/c1-23(2)53(46,47)27-15-11-25(12-16-27)29-22-38-32(42(34(44)50-36(3,4)5)35(45)51-37(6,7)8)31(39-29)30-21-28(40-52-30)24-9-13-26(14-10-24)49-33(43)41-17-19-48-20-18-41/h9,11-16,21-24H,10,17-20H2,1-8H3. The number of anilines is 1. The van der Waals surface area contributed by atoms with Gasteiger partial charge in [-0.3, -0.25) is 0 Å². The number of allylic oxidation sites excluding steroid dienone is 3. The van der Waals surface area contributed by atoms with Crippen LogP contribution in [0.25, 0.3) is 22.7 Å². The molecule has 3 heterocycles. The van der Waals surface area contributed by atoms with Crippen LogP contribution >= 0.6 is 0 Å². The number of aromatic nitrogens is 3. The highest BCUT2D eigenvalue weighted by Crippen LogP contribution is 2.35. The average molecular weight is 752 g/mol. The van der Waals surface area contributed by atoms with Crippen LogP contribution in [0.4, 0.5) is 20.2 Å². The number of hydrogen-bond donors (Lipinski definition) is 0. The Kier molecular flexibility index (Phi) is 11.4. The second kappa shape index (κ2) is 15.5. The molecule has 3 amide bonds. The van der Waals surface area contributed by atoms with Gasteiger partial charge in [-0.2, -0.15) is 4.90 Å². The first kappa shape index (κ1) is 39.1. The zero-order valence-corrected chi connectivity index (χ0v) is 31.9. The molecule has 15 nitrogen and oxygen atoms in total. The van der Waals surface area contributed by atoms with E-state index in [4.69, 9.17) is 28.5 Å². The van der Waals surface area contributed by atoms with E-state index in [1.54, 1.807) is 90.6 Å². The SMILES string of the molecule is CC(C)S(=O)(=O)c1ccc(-c2cnc(N(C(=O)OC(C)(C)C)C(=O)OC(C)(C)C)c(-c3cc(C4C=CC(OC(=O)N5CCOCC5)=CC4)no3)n2)cc1. The largest absolute Gasteiger partial charge is 0.443 e. The van der Waals surface area contributed by atoms with Gasteiger partial charge in [0.15, 0.2) is 27.1 Å². The number of ether oxygens (including phenoxy) is 4. The van der Waals surface area contributed by atoms with E-state index in [9.17, 15) is 22.8 Å².